The zero-order valence-corrected chi connectivity index (χ0v) is 18.4. The first-order valence-electron chi connectivity index (χ1n) is 9.91. The molecule has 13 heteroatoms. The highest BCUT2D eigenvalue weighted by Crippen LogP contribution is 2.30. The van der Waals surface area contributed by atoms with Crippen molar-refractivity contribution in [2.75, 3.05) is 29.6 Å². The molecular formula is C21H22F3N7O3. The molecule has 0 aliphatic carbocycles. The number of amides is 1. The Morgan fingerprint density at radius 2 is 1.79 bits per heavy atom. The van der Waals surface area contributed by atoms with Gasteiger partial charge in [-0.1, -0.05) is 6.07 Å². The first-order chi connectivity index (χ1) is 15.9. The summed E-state index contributed by atoms with van der Waals surface area (Å²) in [7, 11) is 1.21. The van der Waals surface area contributed by atoms with Crippen molar-refractivity contribution in [1.82, 2.24) is 19.9 Å². The van der Waals surface area contributed by atoms with Gasteiger partial charge in [0.05, 0.1) is 12.7 Å². The van der Waals surface area contributed by atoms with Crippen LogP contribution in [0.3, 0.4) is 0 Å². The largest absolute Gasteiger partial charge is 0.453 e. The van der Waals surface area contributed by atoms with Gasteiger partial charge in [-0.3, -0.25) is 10.3 Å². The van der Waals surface area contributed by atoms with Crippen LogP contribution in [0.25, 0.3) is 11.5 Å². The molecule has 0 bridgehead atoms. The van der Waals surface area contributed by atoms with Crippen LogP contribution in [0.15, 0.2) is 42.6 Å². The van der Waals surface area contributed by atoms with E-state index >= 15 is 0 Å². The third-order valence-electron chi connectivity index (χ3n) is 4.14. The van der Waals surface area contributed by atoms with E-state index in [2.05, 4.69) is 40.6 Å². The van der Waals surface area contributed by atoms with Gasteiger partial charge in [-0.25, -0.2) is 19.7 Å². The third-order valence-corrected chi connectivity index (χ3v) is 4.14. The van der Waals surface area contributed by atoms with Gasteiger partial charge in [-0.15, -0.1) is 0 Å². The van der Waals surface area contributed by atoms with Crippen LogP contribution in [-0.2, 0) is 10.9 Å². The maximum absolute atomic E-state index is 13.0. The van der Waals surface area contributed by atoms with Crippen LogP contribution in [-0.4, -0.2) is 50.4 Å². The molecule has 4 N–H and O–H groups in total. The number of hydrogen-bond acceptors (Lipinski definition) is 9. The van der Waals surface area contributed by atoms with E-state index in [1.807, 2.05) is 0 Å². The number of halogens is 3. The minimum Gasteiger partial charge on any atom is -0.453 e. The van der Waals surface area contributed by atoms with Gasteiger partial charge in [-0.2, -0.15) is 13.2 Å². The predicted molar refractivity (Wildman–Crippen MR) is 119 cm³/mol. The molecule has 0 aliphatic rings. The van der Waals surface area contributed by atoms with Gasteiger partial charge < -0.3 is 20.5 Å². The first kappa shape index (κ1) is 24.6. The second-order valence-corrected chi connectivity index (χ2v) is 7.71. The molecule has 180 valence electrons. The fourth-order valence-electron chi connectivity index (χ4n) is 2.62. The number of pyridine rings is 2. The van der Waals surface area contributed by atoms with Gasteiger partial charge in [-0.05, 0) is 38.1 Å². The predicted octanol–water partition coefficient (Wildman–Crippen LogP) is 4.06. The van der Waals surface area contributed by atoms with Gasteiger partial charge in [0.1, 0.15) is 28.8 Å². The highest BCUT2D eigenvalue weighted by atomic mass is 19.4. The number of alkyl halides is 3. The monoisotopic (exact) mass is 477 g/mol. The number of anilines is 4. The normalized spacial score (nSPS) is 11.6. The second kappa shape index (κ2) is 9.87. The second-order valence-electron chi connectivity index (χ2n) is 7.71. The minimum atomic E-state index is -4.61. The lowest BCUT2D eigenvalue weighted by Gasteiger charge is -2.19. The smallest absolute Gasteiger partial charge is 0.433 e. The lowest BCUT2D eigenvalue weighted by atomic mass is 10.1. The van der Waals surface area contributed by atoms with Crippen molar-refractivity contribution >= 4 is 29.2 Å². The maximum Gasteiger partial charge on any atom is 0.433 e. The molecule has 10 nitrogen and oxygen atoms in total. The highest BCUT2D eigenvalue weighted by Gasteiger charge is 2.32. The molecule has 3 aromatic heterocycles. The summed E-state index contributed by atoms with van der Waals surface area (Å²) in [5, 5.41) is 18.2. The summed E-state index contributed by atoms with van der Waals surface area (Å²) in [6, 6.07) is 8.42. The Balaban J connectivity index is 1.98. The van der Waals surface area contributed by atoms with Crippen LogP contribution < -0.4 is 16.0 Å². The van der Waals surface area contributed by atoms with Gasteiger partial charge in [0, 0.05) is 24.5 Å². The van der Waals surface area contributed by atoms with E-state index < -0.39 is 23.6 Å². The van der Waals surface area contributed by atoms with E-state index in [1.54, 1.807) is 26.0 Å². The van der Waals surface area contributed by atoms with Crippen molar-refractivity contribution in [2.24, 2.45) is 0 Å². The average molecular weight is 477 g/mol. The van der Waals surface area contributed by atoms with E-state index in [4.69, 9.17) is 0 Å². The molecule has 0 aliphatic heterocycles. The van der Waals surface area contributed by atoms with Crippen molar-refractivity contribution in [2.45, 2.75) is 25.6 Å². The fourth-order valence-corrected chi connectivity index (χ4v) is 2.62. The molecular weight excluding hydrogens is 455 g/mol. The molecule has 0 unspecified atom stereocenters. The molecule has 0 aromatic carbocycles. The van der Waals surface area contributed by atoms with E-state index in [9.17, 15) is 23.1 Å². The van der Waals surface area contributed by atoms with Crippen molar-refractivity contribution < 1.29 is 27.8 Å². The topological polar surface area (TPSA) is 134 Å². The van der Waals surface area contributed by atoms with Gasteiger partial charge in [0.2, 0.25) is 0 Å². The summed E-state index contributed by atoms with van der Waals surface area (Å²) in [6.45, 7) is 3.33. The SMILES string of the molecule is COC(=O)Nc1cccc(-c2nc(NCC(C)(C)O)cc(Nc3ccnc(C(F)(F)F)c3)n2)n1. The van der Waals surface area contributed by atoms with Gasteiger partial charge >= 0.3 is 12.3 Å². The zero-order chi connectivity index (χ0) is 24.9. The number of methoxy groups -OCH3 is 1. The van der Waals surface area contributed by atoms with Crippen molar-refractivity contribution in [1.29, 1.82) is 0 Å². The molecule has 0 saturated heterocycles. The van der Waals surface area contributed by atoms with E-state index in [-0.39, 0.29) is 41.2 Å². The Morgan fingerprint density at radius 3 is 2.47 bits per heavy atom. The Hall–Kier alpha value is -4.00. The Morgan fingerprint density at radius 1 is 1.06 bits per heavy atom. The lowest BCUT2D eigenvalue weighted by molar-refractivity contribution is -0.141. The number of rotatable bonds is 7. The number of aromatic nitrogens is 4. The van der Waals surface area contributed by atoms with Crippen molar-refractivity contribution in [3.63, 3.8) is 0 Å². The Labute approximate surface area is 192 Å². The lowest BCUT2D eigenvalue weighted by Crippen LogP contribution is -2.29. The van der Waals surface area contributed by atoms with Crippen LogP contribution in [0.1, 0.15) is 19.5 Å². The van der Waals surface area contributed by atoms with Crippen LogP contribution in [0.2, 0.25) is 0 Å². The highest BCUT2D eigenvalue weighted by molar-refractivity contribution is 5.83. The molecule has 0 spiro atoms. The van der Waals surface area contributed by atoms with E-state index in [0.717, 1.165) is 12.3 Å². The summed E-state index contributed by atoms with van der Waals surface area (Å²) in [5.74, 6) is 0.742. The van der Waals surface area contributed by atoms with E-state index in [1.165, 1.54) is 25.3 Å². The quantitative estimate of drug-likeness (QED) is 0.397. The third kappa shape index (κ3) is 7.00. The number of hydrogen-bond donors (Lipinski definition) is 4. The maximum atomic E-state index is 13.0. The number of ether oxygens (including phenoxy) is 1. The molecule has 1 amide bonds. The van der Waals surface area contributed by atoms with Gasteiger partial charge in [0.15, 0.2) is 5.82 Å². The summed E-state index contributed by atoms with van der Waals surface area (Å²) >= 11 is 0. The first-order valence-corrected chi connectivity index (χ1v) is 9.91. The van der Waals surface area contributed by atoms with Crippen molar-refractivity contribution in [3.8, 4) is 11.5 Å². The molecule has 3 aromatic rings. The Kier molecular flexibility index (Phi) is 7.15. The average Bonchev–Trinajstić information content (AvgIpc) is 2.77. The molecule has 3 heterocycles. The number of nitrogens with zero attached hydrogens (tertiary/aromatic N) is 4. The summed E-state index contributed by atoms with van der Waals surface area (Å²) in [5.41, 5.74) is -1.74. The summed E-state index contributed by atoms with van der Waals surface area (Å²) in [6.07, 6.45) is -4.29. The summed E-state index contributed by atoms with van der Waals surface area (Å²) < 4.78 is 43.6. The van der Waals surface area contributed by atoms with Gasteiger partial charge in [0.25, 0.3) is 0 Å². The number of nitrogens with one attached hydrogen (secondary N) is 3. The molecule has 0 fully saturated rings. The standard InChI is InChI=1S/C21H22F3N7O3/c1-20(2,33)11-26-16-10-17(27-12-7-8-25-14(9-12)21(22,23)24)30-18(29-16)13-5-4-6-15(28-13)31-19(32)34-3/h4-10,33H,11H2,1-3H3,(H,28,31,32)(H2,25,26,27,29,30). The fraction of sp³-hybridized carbons (Fsp3) is 0.286. The van der Waals surface area contributed by atoms with E-state index in [0.29, 0.717) is 0 Å². The van der Waals surface area contributed by atoms with Crippen LogP contribution in [0.4, 0.5) is 41.1 Å². The molecule has 3 rings (SSSR count). The number of carbonyl (C=O) groups is 1. The molecule has 0 radical (unpaired) electrons. The van der Waals surface area contributed by atoms with Crippen LogP contribution in [0, 0.1) is 0 Å². The Bertz CT molecular complexity index is 1170. The molecule has 0 atom stereocenters. The number of carbonyl (C=O) groups excluding carboxylic acids is 1. The molecule has 34 heavy (non-hydrogen) atoms. The molecule has 0 saturated carbocycles. The minimum absolute atomic E-state index is 0.106. The van der Waals surface area contributed by atoms with Crippen LogP contribution in [0.5, 0.6) is 0 Å². The zero-order valence-electron chi connectivity index (χ0n) is 18.4. The van der Waals surface area contributed by atoms with Crippen molar-refractivity contribution in [3.05, 3.63) is 48.3 Å². The summed E-state index contributed by atoms with van der Waals surface area (Å²) in [4.78, 5) is 27.8. The number of aliphatic hydroxyl groups is 1. The van der Waals surface area contributed by atoms with Crippen LogP contribution >= 0.6 is 0 Å².